The van der Waals surface area contributed by atoms with Gasteiger partial charge in [-0.2, -0.15) is 0 Å². The lowest BCUT2D eigenvalue weighted by Gasteiger charge is -2.18. The van der Waals surface area contributed by atoms with E-state index in [2.05, 4.69) is 40.3 Å². The first-order valence-corrected chi connectivity index (χ1v) is 8.14. The molecule has 1 fully saturated rings. The molecule has 114 valence electrons. The van der Waals surface area contributed by atoms with Gasteiger partial charge in [0.15, 0.2) is 0 Å². The normalized spacial score (nSPS) is 15.2. The van der Waals surface area contributed by atoms with Gasteiger partial charge in [-0.1, -0.05) is 58.4 Å². The highest BCUT2D eigenvalue weighted by molar-refractivity contribution is 9.10. The number of alkyl carbamates (subject to hydrolysis) is 1. The summed E-state index contributed by atoms with van der Waals surface area (Å²) in [5, 5.41) is 3.02. The maximum atomic E-state index is 12.1. The van der Waals surface area contributed by atoms with E-state index in [1.165, 1.54) is 5.56 Å². The number of hydrogen-bond donors (Lipinski definition) is 1. The zero-order chi connectivity index (χ0) is 15.6. The molecule has 0 unspecified atom stereocenters. The van der Waals surface area contributed by atoms with Crippen molar-refractivity contribution in [3.8, 4) is 0 Å². The maximum absolute atomic E-state index is 12.1. The second-order valence-electron chi connectivity index (χ2n) is 5.73. The standard InChI is InChI=1S/C18H18BrNO2/c1-13-11-15(7-8-16(13)19)18(9-10-18)20-17(21)22-12-14-5-3-2-4-6-14/h2-8,11H,9-10,12H2,1H3,(H,20,21). The summed E-state index contributed by atoms with van der Waals surface area (Å²) in [7, 11) is 0. The number of ether oxygens (including phenoxy) is 1. The molecule has 1 aliphatic carbocycles. The number of aryl methyl sites for hydroxylation is 1. The summed E-state index contributed by atoms with van der Waals surface area (Å²) >= 11 is 3.51. The molecule has 0 heterocycles. The lowest BCUT2D eigenvalue weighted by Crippen LogP contribution is -2.35. The monoisotopic (exact) mass is 359 g/mol. The van der Waals surface area contributed by atoms with E-state index < -0.39 is 0 Å². The van der Waals surface area contributed by atoms with Gasteiger partial charge in [0.1, 0.15) is 6.61 Å². The van der Waals surface area contributed by atoms with E-state index >= 15 is 0 Å². The van der Waals surface area contributed by atoms with E-state index in [9.17, 15) is 4.79 Å². The van der Waals surface area contributed by atoms with Gasteiger partial charge in [0.05, 0.1) is 5.54 Å². The van der Waals surface area contributed by atoms with Crippen LogP contribution < -0.4 is 5.32 Å². The van der Waals surface area contributed by atoms with Gasteiger partial charge >= 0.3 is 6.09 Å². The van der Waals surface area contributed by atoms with Crippen LogP contribution in [0.5, 0.6) is 0 Å². The van der Waals surface area contributed by atoms with Crippen LogP contribution in [0.2, 0.25) is 0 Å². The van der Waals surface area contributed by atoms with Crippen molar-refractivity contribution >= 4 is 22.0 Å². The van der Waals surface area contributed by atoms with Gasteiger partial charge in [0.2, 0.25) is 0 Å². The van der Waals surface area contributed by atoms with Gasteiger partial charge in [-0.25, -0.2) is 4.79 Å². The first kappa shape index (κ1) is 15.1. The highest BCUT2D eigenvalue weighted by atomic mass is 79.9. The van der Waals surface area contributed by atoms with E-state index in [-0.39, 0.29) is 11.6 Å². The van der Waals surface area contributed by atoms with Crippen LogP contribution in [-0.2, 0) is 16.9 Å². The molecule has 2 aromatic carbocycles. The Hall–Kier alpha value is -1.81. The molecular formula is C18H18BrNO2. The molecule has 0 atom stereocenters. The van der Waals surface area contributed by atoms with E-state index in [0.717, 1.165) is 28.4 Å². The Morgan fingerprint density at radius 3 is 2.59 bits per heavy atom. The molecule has 3 rings (SSSR count). The van der Waals surface area contributed by atoms with Gasteiger partial charge in [-0.15, -0.1) is 0 Å². The Morgan fingerprint density at radius 1 is 1.23 bits per heavy atom. The fourth-order valence-corrected chi connectivity index (χ4v) is 2.75. The summed E-state index contributed by atoms with van der Waals surface area (Å²) in [6.45, 7) is 2.35. The second kappa shape index (κ2) is 6.13. The molecule has 1 N–H and O–H groups in total. The van der Waals surface area contributed by atoms with Crippen molar-refractivity contribution in [1.82, 2.24) is 5.32 Å². The molecule has 1 saturated carbocycles. The van der Waals surface area contributed by atoms with Crippen LogP contribution in [0.3, 0.4) is 0 Å². The van der Waals surface area contributed by atoms with Crippen LogP contribution in [0, 0.1) is 6.92 Å². The number of nitrogens with one attached hydrogen (secondary N) is 1. The molecule has 1 amide bonds. The molecule has 0 aliphatic heterocycles. The first-order valence-electron chi connectivity index (χ1n) is 7.35. The summed E-state index contributed by atoms with van der Waals surface area (Å²) in [6, 6.07) is 15.9. The highest BCUT2D eigenvalue weighted by Crippen LogP contribution is 2.46. The van der Waals surface area contributed by atoms with E-state index in [0.29, 0.717) is 6.61 Å². The molecule has 0 aromatic heterocycles. The Balaban J connectivity index is 1.62. The molecule has 0 bridgehead atoms. The topological polar surface area (TPSA) is 38.3 Å². The molecule has 2 aromatic rings. The molecule has 1 aliphatic rings. The van der Waals surface area contributed by atoms with Crippen molar-refractivity contribution < 1.29 is 9.53 Å². The van der Waals surface area contributed by atoms with Crippen molar-refractivity contribution in [2.45, 2.75) is 31.9 Å². The number of benzene rings is 2. The van der Waals surface area contributed by atoms with Gasteiger partial charge in [-0.05, 0) is 42.5 Å². The minimum absolute atomic E-state index is 0.251. The van der Waals surface area contributed by atoms with Gasteiger partial charge in [-0.3, -0.25) is 0 Å². The summed E-state index contributed by atoms with van der Waals surface area (Å²) in [5.74, 6) is 0. The van der Waals surface area contributed by atoms with Gasteiger partial charge in [0, 0.05) is 4.47 Å². The third-order valence-electron chi connectivity index (χ3n) is 4.01. The third-order valence-corrected chi connectivity index (χ3v) is 4.90. The lowest BCUT2D eigenvalue weighted by molar-refractivity contribution is 0.134. The van der Waals surface area contributed by atoms with Crippen molar-refractivity contribution in [2.24, 2.45) is 0 Å². The van der Waals surface area contributed by atoms with Gasteiger partial charge in [0.25, 0.3) is 0 Å². The van der Waals surface area contributed by atoms with Crippen molar-refractivity contribution in [3.05, 3.63) is 69.7 Å². The van der Waals surface area contributed by atoms with Crippen LogP contribution >= 0.6 is 15.9 Å². The molecule has 0 saturated heterocycles. The SMILES string of the molecule is Cc1cc(C2(NC(=O)OCc3ccccc3)CC2)ccc1Br. The maximum Gasteiger partial charge on any atom is 0.408 e. The van der Waals surface area contributed by atoms with Crippen LogP contribution in [0.15, 0.2) is 53.0 Å². The predicted molar refractivity (Wildman–Crippen MR) is 89.6 cm³/mol. The molecular weight excluding hydrogens is 342 g/mol. The molecule has 22 heavy (non-hydrogen) atoms. The number of carbonyl (C=O) groups is 1. The predicted octanol–water partition coefficient (Wildman–Crippen LogP) is 4.67. The fraction of sp³-hybridized carbons (Fsp3) is 0.278. The Bertz CT molecular complexity index is 681. The fourth-order valence-electron chi connectivity index (χ4n) is 2.51. The van der Waals surface area contributed by atoms with Crippen LogP contribution in [0.25, 0.3) is 0 Å². The molecule has 0 radical (unpaired) electrons. The summed E-state index contributed by atoms with van der Waals surface area (Å²) < 4.78 is 6.40. The Morgan fingerprint density at radius 2 is 1.95 bits per heavy atom. The number of halogens is 1. The number of rotatable bonds is 4. The van der Waals surface area contributed by atoms with Crippen LogP contribution in [0.1, 0.15) is 29.5 Å². The van der Waals surface area contributed by atoms with Crippen molar-refractivity contribution in [1.29, 1.82) is 0 Å². The second-order valence-corrected chi connectivity index (χ2v) is 6.59. The third kappa shape index (κ3) is 3.33. The Kier molecular flexibility index (Phi) is 4.21. The number of amides is 1. The van der Waals surface area contributed by atoms with Gasteiger partial charge < -0.3 is 10.1 Å². The lowest BCUT2D eigenvalue weighted by atomic mass is 10.0. The van der Waals surface area contributed by atoms with E-state index in [1.54, 1.807) is 0 Å². The van der Waals surface area contributed by atoms with E-state index in [1.807, 2.05) is 36.4 Å². The average Bonchev–Trinajstić information content (AvgIpc) is 3.30. The van der Waals surface area contributed by atoms with E-state index in [4.69, 9.17) is 4.74 Å². The minimum Gasteiger partial charge on any atom is -0.445 e. The largest absolute Gasteiger partial charge is 0.445 e. The smallest absolute Gasteiger partial charge is 0.408 e. The highest BCUT2D eigenvalue weighted by Gasteiger charge is 2.46. The quantitative estimate of drug-likeness (QED) is 0.860. The molecule has 0 spiro atoms. The summed E-state index contributed by atoms with van der Waals surface area (Å²) in [5.41, 5.74) is 3.05. The van der Waals surface area contributed by atoms with Crippen LogP contribution in [-0.4, -0.2) is 6.09 Å². The molecule has 4 heteroatoms. The summed E-state index contributed by atoms with van der Waals surface area (Å²) in [4.78, 5) is 12.1. The Labute approximate surface area is 138 Å². The molecule has 3 nitrogen and oxygen atoms in total. The van der Waals surface area contributed by atoms with Crippen molar-refractivity contribution in [3.63, 3.8) is 0 Å². The van der Waals surface area contributed by atoms with Crippen molar-refractivity contribution in [2.75, 3.05) is 0 Å². The zero-order valence-electron chi connectivity index (χ0n) is 12.4. The average molecular weight is 360 g/mol. The summed E-state index contributed by atoms with van der Waals surface area (Å²) in [6.07, 6.45) is 1.55. The number of hydrogen-bond acceptors (Lipinski definition) is 2. The van der Waals surface area contributed by atoms with Crippen LogP contribution in [0.4, 0.5) is 4.79 Å². The minimum atomic E-state index is -0.359. The first-order chi connectivity index (χ1) is 10.6. The number of carbonyl (C=O) groups excluding carboxylic acids is 1. The zero-order valence-corrected chi connectivity index (χ0v) is 14.0.